The molecule has 2 nitrogen and oxygen atoms in total. The first kappa shape index (κ1) is 11.6. The first-order valence-corrected chi connectivity index (χ1v) is 7.71. The molecule has 0 aliphatic carbocycles. The van der Waals surface area contributed by atoms with Crippen molar-refractivity contribution in [2.75, 3.05) is 18.8 Å². The Bertz CT molecular complexity index is 326. The van der Waals surface area contributed by atoms with Crippen LogP contribution in [-0.4, -0.2) is 28.5 Å². The van der Waals surface area contributed by atoms with Crippen LogP contribution in [0.15, 0.2) is 11.1 Å². The molecule has 0 aliphatic heterocycles. The van der Waals surface area contributed by atoms with Crippen molar-refractivity contribution >= 4 is 10.0 Å². The molecule has 0 aliphatic rings. The summed E-state index contributed by atoms with van der Waals surface area (Å²) in [5.74, 6) is 0. The highest BCUT2D eigenvalue weighted by atomic mass is 32.3. The van der Waals surface area contributed by atoms with E-state index >= 15 is 0 Å². The Morgan fingerprint density at radius 3 is 1.93 bits per heavy atom. The fourth-order valence-electron chi connectivity index (χ4n) is 1.44. The summed E-state index contributed by atoms with van der Waals surface area (Å²) in [4.78, 5) is 0. The van der Waals surface area contributed by atoms with Gasteiger partial charge in [0, 0.05) is 18.2 Å². The molecule has 0 spiro atoms. The lowest BCUT2D eigenvalue weighted by atomic mass is 9.92. The average molecular weight is 214 g/mol. The maximum atomic E-state index is 4.60. The summed E-state index contributed by atoms with van der Waals surface area (Å²) in [6, 6.07) is 2.26. The van der Waals surface area contributed by atoms with Gasteiger partial charge < -0.3 is 0 Å². The lowest BCUT2D eigenvalue weighted by molar-refractivity contribution is 0.521. The molecule has 82 valence electrons. The van der Waals surface area contributed by atoms with Crippen LogP contribution in [0.5, 0.6) is 0 Å². The van der Waals surface area contributed by atoms with Gasteiger partial charge >= 0.3 is 0 Å². The van der Waals surface area contributed by atoms with Crippen LogP contribution >= 0.6 is 10.0 Å². The molecule has 0 atom stereocenters. The normalized spacial score (nSPS) is 14.5. The minimum Gasteiger partial charge on any atom is -0.271 e. The first-order chi connectivity index (χ1) is 6.12. The molecule has 1 aromatic heterocycles. The summed E-state index contributed by atoms with van der Waals surface area (Å²) < 4.78 is 2.02. The lowest BCUT2D eigenvalue weighted by Crippen LogP contribution is -2.16. The summed E-state index contributed by atoms with van der Waals surface area (Å²) in [7, 11) is 1.34. The van der Waals surface area contributed by atoms with Crippen molar-refractivity contribution in [2.24, 2.45) is 7.05 Å². The summed E-state index contributed by atoms with van der Waals surface area (Å²) in [5, 5.41) is 5.86. The lowest BCUT2D eigenvalue weighted by Gasteiger charge is -2.21. The van der Waals surface area contributed by atoms with Gasteiger partial charge in [-0.15, -0.1) is 0 Å². The molecule has 0 radical (unpaired) electrons. The Hall–Kier alpha value is -0.440. The molecule has 0 fully saturated rings. The number of aryl methyl sites for hydroxylation is 1. The minimum absolute atomic E-state index is 0.185. The van der Waals surface area contributed by atoms with Gasteiger partial charge in [0.2, 0.25) is 0 Å². The highest BCUT2D eigenvalue weighted by Gasteiger charge is 2.22. The summed E-state index contributed by atoms with van der Waals surface area (Å²) in [5.41, 5.74) is 1.50. The van der Waals surface area contributed by atoms with Crippen LogP contribution in [0.1, 0.15) is 26.5 Å². The van der Waals surface area contributed by atoms with Crippen LogP contribution in [0.4, 0.5) is 0 Å². The van der Waals surface area contributed by atoms with Crippen LogP contribution < -0.4 is 0 Å². The molecule has 0 saturated heterocycles. The van der Waals surface area contributed by atoms with Crippen LogP contribution in [-0.2, 0) is 12.5 Å². The highest BCUT2D eigenvalue weighted by molar-refractivity contribution is 8.32. The van der Waals surface area contributed by atoms with Gasteiger partial charge in [-0.25, -0.2) is 10.0 Å². The van der Waals surface area contributed by atoms with E-state index in [1.807, 2.05) is 11.7 Å². The quantitative estimate of drug-likeness (QED) is 0.703. The Labute approximate surface area is 89.0 Å². The molecular formula is C11H22N2S. The molecule has 0 saturated carbocycles. The van der Waals surface area contributed by atoms with E-state index < -0.39 is 10.0 Å². The van der Waals surface area contributed by atoms with E-state index in [1.165, 1.54) is 10.7 Å². The predicted molar refractivity (Wildman–Crippen MR) is 65.5 cm³/mol. The van der Waals surface area contributed by atoms with Gasteiger partial charge in [-0.3, -0.25) is 4.68 Å². The van der Waals surface area contributed by atoms with E-state index in [2.05, 4.69) is 50.7 Å². The number of rotatable bonds is 1. The number of aromatic nitrogens is 2. The van der Waals surface area contributed by atoms with Crippen molar-refractivity contribution in [3.63, 3.8) is 0 Å². The largest absolute Gasteiger partial charge is 0.271 e. The first-order valence-electron chi connectivity index (χ1n) is 4.85. The SMILES string of the molecule is Cn1nc(S(C)(C)C)cc1C(C)(C)C. The van der Waals surface area contributed by atoms with Crippen LogP contribution in [0.3, 0.4) is 0 Å². The van der Waals surface area contributed by atoms with Gasteiger partial charge in [0.05, 0.1) is 0 Å². The van der Waals surface area contributed by atoms with Crippen molar-refractivity contribution in [3.8, 4) is 0 Å². The van der Waals surface area contributed by atoms with Crippen molar-refractivity contribution in [1.29, 1.82) is 0 Å². The maximum absolute atomic E-state index is 4.60. The third kappa shape index (κ3) is 2.32. The van der Waals surface area contributed by atoms with E-state index in [4.69, 9.17) is 0 Å². The molecule has 1 aromatic rings. The van der Waals surface area contributed by atoms with Crippen molar-refractivity contribution in [3.05, 3.63) is 11.8 Å². The zero-order chi connectivity index (χ0) is 11.1. The second-order valence-corrected chi connectivity index (χ2v) is 9.67. The zero-order valence-electron chi connectivity index (χ0n) is 10.4. The Morgan fingerprint density at radius 2 is 1.71 bits per heavy atom. The smallest absolute Gasteiger partial charge is 0.101 e. The van der Waals surface area contributed by atoms with Crippen LogP contribution in [0.25, 0.3) is 0 Å². The Balaban J connectivity index is 3.19. The average Bonchev–Trinajstić information content (AvgIpc) is 2.27. The van der Waals surface area contributed by atoms with Gasteiger partial charge in [0.15, 0.2) is 0 Å². The second-order valence-electron chi connectivity index (χ2n) is 5.58. The predicted octanol–water partition coefficient (Wildman–Crippen LogP) is 2.77. The molecule has 3 heteroatoms. The van der Waals surface area contributed by atoms with E-state index in [-0.39, 0.29) is 5.41 Å². The third-order valence-corrected chi connectivity index (χ3v) is 3.71. The maximum Gasteiger partial charge on any atom is 0.101 e. The fraction of sp³-hybridized carbons (Fsp3) is 0.727. The van der Waals surface area contributed by atoms with Crippen LogP contribution in [0, 0.1) is 0 Å². The van der Waals surface area contributed by atoms with E-state index in [0.29, 0.717) is 0 Å². The van der Waals surface area contributed by atoms with Crippen LogP contribution in [0.2, 0.25) is 0 Å². The standard InChI is InChI=1S/C11H22N2S/c1-11(2,3)9-8-10(12-13(9)4)14(5,6)7/h8H,1-7H3. The molecule has 0 amide bonds. The van der Waals surface area contributed by atoms with Crippen molar-refractivity contribution in [2.45, 2.75) is 31.2 Å². The molecule has 0 aromatic carbocycles. The zero-order valence-corrected chi connectivity index (χ0v) is 11.2. The van der Waals surface area contributed by atoms with Crippen molar-refractivity contribution < 1.29 is 0 Å². The van der Waals surface area contributed by atoms with E-state index in [0.717, 1.165) is 0 Å². The van der Waals surface area contributed by atoms with Gasteiger partial charge in [0.1, 0.15) is 5.03 Å². The Morgan fingerprint density at radius 1 is 1.21 bits per heavy atom. The number of hydrogen-bond acceptors (Lipinski definition) is 1. The van der Waals surface area contributed by atoms with Crippen molar-refractivity contribution in [1.82, 2.24) is 9.78 Å². The monoisotopic (exact) mass is 214 g/mol. The molecular weight excluding hydrogens is 192 g/mol. The second kappa shape index (κ2) is 3.30. The Kier molecular flexibility index (Phi) is 2.74. The highest BCUT2D eigenvalue weighted by Crippen LogP contribution is 2.45. The molecule has 14 heavy (non-hydrogen) atoms. The summed E-state index contributed by atoms with van der Waals surface area (Å²) in [6.07, 6.45) is 6.84. The summed E-state index contributed by atoms with van der Waals surface area (Å²) in [6.45, 7) is 6.68. The van der Waals surface area contributed by atoms with E-state index in [9.17, 15) is 0 Å². The summed E-state index contributed by atoms with van der Waals surface area (Å²) >= 11 is 0. The third-order valence-electron chi connectivity index (χ3n) is 2.25. The molecule has 0 bridgehead atoms. The van der Waals surface area contributed by atoms with Gasteiger partial charge in [-0.1, -0.05) is 20.8 Å². The fourth-order valence-corrected chi connectivity index (χ4v) is 2.27. The molecule has 0 N–H and O–H groups in total. The molecule has 0 unspecified atom stereocenters. The van der Waals surface area contributed by atoms with Gasteiger partial charge in [0.25, 0.3) is 0 Å². The molecule has 1 rings (SSSR count). The number of nitrogens with zero attached hydrogens (tertiary/aromatic N) is 2. The van der Waals surface area contributed by atoms with Gasteiger partial charge in [-0.2, -0.15) is 5.10 Å². The minimum atomic E-state index is -0.697. The topological polar surface area (TPSA) is 17.8 Å². The van der Waals surface area contributed by atoms with E-state index in [1.54, 1.807) is 0 Å². The number of hydrogen-bond donors (Lipinski definition) is 0. The van der Waals surface area contributed by atoms with Gasteiger partial charge in [-0.05, 0) is 24.8 Å². The molecule has 1 heterocycles.